The number of aromatic nitrogens is 1. The summed E-state index contributed by atoms with van der Waals surface area (Å²) >= 11 is 0. The summed E-state index contributed by atoms with van der Waals surface area (Å²) in [5.41, 5.74) is 1.60. The SMILES string of the molecule is CCOc1cccc(C(=O)Nc2cc(C)ccn2)c1. The molecule has 0 aliphatic rings. The molecule has 1 heterocycles. The zero-order chi connectivity index (χ0) is 13.7. The van der Waals surface area contributed by atoms with E-state index in [1.165, 1.54) is 0 Å². The van der Waals surface area contributed by atoms with E-state index in [0.29, 0.717) is 23.7 Å². The second-order valence-corrected chi connectivity index (χ2v) is 4.13. The fourth-order valence-electron chi connectivity index (χ4n) is 1.69. The largest absolute Gasteiger partial charge is 0.494 e. The highest BCUT2D eigenvalue weighted by Gasteiger charge is 2.07. The Labute approximate surface area is 112 Å². The van der Waals surface area contributed by atoms with E-state index in [-0.39, 0.29) is 5.91 Å². The van der Waals surface area contributed by atoms with Gasteiger partial charge in [-0.15, -0.1) is 0 Å². The Morgan fingerprint density at radius 1 is 1.32 bits per heavy atom. The minimum atomic E-state index is -0.195. The van der Waals surface area contributed by atoms with Crippen molar-refractivity contribution >= 4 is 11.7 Å². The highest BCUT2D eigenvalue weighted by atomic mass is 16.5. The molecule has 0 radical (unpaired) electrons. The molecule has 98 valence electrons. The van der Waals surface area contributed by atoms with Crippen molar-refractivity contribution in [1.29, 1.82) is 0 Å². The van der Waals surface area contributed by atoms with Crippen molar-refractivity contribution in [2.75, 3.05) is 11.9 Å². The van der Waals surface area contributed by atoms with E-state index < -0.39 is 0 Å². The van der Waals surface area contributed by atoms with Crippen LogP contribution in [-0.4, -0.2) is 17.5 Å². The number of anilines is 1. The van der Waals surface area contributed by atoms with Crippen molar-refractivity contribution in [1.82, 2.24) is 4.98 Å². The molecule has 19 heavy (non-hydrogen) atoms. The molecule has 1 N–H and O–H groups in total. The van der Waals surface area contributed by atoms with Gasteiger partial charge in [0.05, 0.1) is 6.61 Å². The van der Waals surface area contributed by atoms with E-state index in [1.54, 1.807) is 24.4 Å². The van der Waals surface area contributed by atoms with Crippen LogP contribution in [0.2, 0.25) is 0 Å². The van der Waals surface area contributed by atoms with Gasteiger partial charge < -0.3 is 10.1 Å². The van der Waals surface area contributed by atoms with Gasteiger partial charge in [-0.05, 0) is 49.7 Å². The topological polar surface area (TPSA) is 51.2 Å². The van der Waals surface area contributed by atoms with Gasteiger partial charge in [0, 0.05) is 11.8 Å². The minimum absolute atomic E-state index is 0.195. The molecule has 1 aromatic heterocycles. The highest BCUT2D eigenvalue weighted by molar-refractivity contribution is 6.04. The van der Waals surface area contributed by atoms with Crippen LogP contribution in [0.1, 0.15) is 22.8 Å². The molecule has 0 spiro atoms. The maximum atomic E-state index is 12.1. The summed E-state index contributed by atoms with van der Waals surface area (Å²) < 4.78 is 5.37. The summed E-state index contributed by atoms with van der Waals surface area (Å²) in [6, 6.07) is 10.8. The molecule has 0 saturated heterocycles. The Hall–Kier alpha value is -2.36. The van der Waals surface area contributed by atoms with Gasteiger partial charge in [-0.1, -0.05) is 6.07 Å². The smallest absolute Gasteiger partial charge is 0.256 e. The Bertz CT molecular complexity index is 582. The van der Waals surface area contributed by atoms with Crippen molar-refractivity contribution in [3.63, 3.8) is 0 Å². The van der Waals surface area contributed by atoms with Gasteiger partial charge in [0.1, 0.15) is 11.6 Å². The summed E-state index contributed by atoms with van der Waals surface area (Å²) in [4.78, 5) is 16.2. The number of carbonyl (C=O) groups is 1. The molecule has 2 rings (SSSR count). The molecule has 0 bridgehead atoms. The molecule has 0 unspecified atom stereocenters. The number of benzene rings is 1. The third-order valence-electron chi connectivity index (χ3n) is 2.56. The monoisotopic (exact) mass is 256 g/mol. The molecule has 0 aliphatic carbocycles. The number of pyridine rings is 1. The van der Waals surface area contributed by atoms with E-state index in [2.05, 4.69) is 10.3 Å². The molecule has 4 heteroatoms. The molecular formula is C15H16N2O2. The Balaban J connectivity index is 2.13. The molecule has 1 amide bonds. The second-order valence-electron chi connectivity index (χ2n) is 4.13. The van der Waals surface area contributed by atoms with Crippen molar-refractivity contribution in [2.45, 2.75) is 13.8 Å². The van der Waals surface area contributed by atoms with Crippen LogP contribution in [0.25, 0.3) is 0 Å². The van der Waals surface area contributed by atoms with Crippen LogP contribution >= 0.6 is 0 Å². The predicted molar refractivity (Wildman–Crippen MR) is 74.5 cm³/mol. The number of rotatable bonds is 4. The number of nitrogens with one attached hydrogen (secondary N) is 1. The number of nitrogens with zero attached hydrogens (tertiary/aromatic N) is 1. The normalized spacial score (nSPS) is 10.0. The van der Waals surface area contributed by atoms with Gasteiger partial charge in [-0.3, -0.25) is 4.79 Å². The van der Waals surface area contributed by atoms with Crippen LogP contribution in [-0.2, 0) is 0 Å². The van der Waals surface area contributed by atoms with E-state index in [9.17, 15) is 4.79 Å². The number of hydrogen-bond donors (Lipinski definition) is 1. The third kappa shape index (κ3) is 3.55. The van der Waals surface area contributed by atoms with E-state index in [4.69, 9.17) is 4.74 Å². The van der Waals surface area contributed by atoms with E-state index in [0.717, 1.165) is 5.56 Å². The van der Waals surface area contributed by atoms with Crippen molar-refractivity contribution in [3.8, 4) is 5.75 Å². The first kappa shape index (κ1) is 13.1. The van der Waals surface area contributed by atoms with Crippen LogP contribution < -0.4 is 10.1 Å². The first-order valence-corrected chi connectivity index (χ1v) is 6.16. The molecule has 0 fully saturated rings. The van der Waals surface area contributed by atoms with Crippen LogP contribution in [0.5, 0.6) is 5.75 Å². The van der Waals surface area contributed by atoms with Gasteiger partial charge in [-0.2, -0.15) is 0 Å². The van der Waals surface area contributed by atoms with Gasteiger partial charge in [-0.25, -0.2) is 4.98 Å². The summed E-state index contributed by atoms with van der Waals surface area (Å²) in [6.45, 7) is 4.43. The first-order chi connectivity index (χ1) is 9.19. The summed E-state index contributed by atoms with van der Waals surface area (Å²) in [6.07, 6.45) is 1.67. The fourth-order valence-corrected chi connectivity index (χ4v) is 1.69. The molecular weight excluding hydrogens is 240 g/mol. The zero-order valence-corrected chi connectivity index (χ0v) is 11.0. The molecule has 0 saturated carbocycles. The molecule has 4 nitrogen and oxygen atoms in total. The van der Waals surface area contributed by atoms with Crippen LogP contribution in [0.15, 0.2) is 42.6 Å². The Morgan fingerprint density at radius 2 is 2.16 bits per heavy atom. The molecule has 2 aromatic rings. The standard InChI is InChI=1S/C15H16N2O2/c1-3-19-13-6-4-5-12(10-13)15(18)17-14-9-11(2)7-8-16-14/h4-10H,3H2,1-2H3,(H,16,17,18). The van der Waals surface area contributed by atoms with Crippen molar-refractivity contribution in [3.05, 3.63) is 53.7 Å². The number of carbonyl (C=O) groups excluding carboxylic acids is 1. The number of hydrogen-bond acceptors (Lipinski definition) is 3. The number of amides is 1. The lowest BCUT2D eigenvalue weighted by Gasteiger charge is -2.07. The van der Waals surface area contributed by atoms with Crippen molar-refractivity contribution in [2.24, 2.45) is 0 Å². The molecule has 0 aliphatic heterocycles. The summed E-state index contributed by atoms with van der Waals surface area (Å²) in [5, 5.41) is 2.76. The number of ether oxygens (including phenoxy) is 1. The first-order valence-electron chi connectivity index (χ1n) is 6.16. The highest BCUT2D eigenvalue weighted by Crippen LogP contribution is 2.15. The van der Waals surface area contributed by atoms with Crippen LogP contribution in [0.4, 0.5) is 5.82 Å². The minimum Gasteiger partial charge on any atom is -0.494 e. The van der Waals surface area contributed by atoms with Gasteiger partial charge in [0.25, 0.3) is 5.91 Å². The fraction of sp³-hybridized carbons (Fsp3) is 0.200. The van der Waals surface area contributed by atoms with Crippen molar-refractivity contribution < 1.29 is 9.53 Å². The summed E-state index contributed by atoms with van der Waals surface area (Å²) in [5.74, 6) is 1.04. The Kier molecular flexibility index (Phi) is 4.13. The lowest BCUT2D eigenvalue weighted by atomic mass is 10.2. The average molecular weight is 256 g/mol. The molecule has 1 aromatic carbocycles. The van der Waals surface area contributed by atoms with Gasteiger partial charge in [0.2, 0.25) is 0 Å². The lowest BCUT2D eigenvalue weighted by molar-refractivity contribution is 0.102. The predicted octanol–water partition coefficient (Wildman–Crippen LogP) is 3.04. The van der Waals surface area contributed by atoms with E-state index in [1.807, 2.05) is 32.0 Å². The van der Waals surface area contributed by atoms with Gasteiger partial charge in [0.15, 0.2) is 0 Å². The van der Waals surface area contributed by atoms with E-state index >= 15 is 0 Å². The summed E-state index contributed by atoms with van der Waals surface area (Å²) in [7, 11) is 0. The lowest BCUT2D eigenvalue weighted by Crippen LogP contribution is -2.13. The second kappa shape index (κ2) is 6.00. The Morgan fingerprint density at radius 3 is 2.89 bits per heavy atom. The molecule has 0 atom stereocenters. The zero-order valence-electron chi connectivity index (χ0n) is 11.0. The maximum absolute atomic E-state index is 12.1. The van der Waals surface area contributed by atoms with Gasteiger partial charge >= 0.3 is 0 Å². The average Bonchev–Trinajstić information content (AvgIpc) is 2.39. The van der Waals surface area contributed by atoms with Crippen LogP contribution in [0.3, 0.4) is 0 Å². The quantitative estimate of drug-likeness (QED) is 0.914. The third-order valence-corrected chi connectivity index (χ3v) is 2.56. The number of aryl methyl sites for hydroxylation is 1. The maximum Gasteiger partial charge on any atom is 0.256 e. The van der Waals surface area contributed by atoms with Crippen LogP contribution in [0, 0.1) is 6.92 Å².